The van der Waals surface area contributed by atoms with Gasteiger partial charge in [-0.25, -0.2) is 0 Å². The molecule has 4 heteroatoms. The average Bonchev–Trinajstić information content (AvgIpc) is 2.45. The molecule has 0 aliphatic heterocycles. The summed E-state index contributed by atoms with van der Waals surface area (Å²) in [5.74, 6) is 0. The van der Waals surface area contributed by atoms with Gasteiger partial charge in [-0.1, -0.05) is 13.3 Å². The third kappa shape index (κ3) is 6.95. The summed E-state index contributed by atoms with van der Waals surface area (Å²) >= 11 is 5.01. The Bertz CT molecular complexity index is 236. The van der Waals surface area contributed by atoms with Crippen LogP contribution in [0.5, 0.6) is 5.06 Å². The Hall–Kier alpha value is 0.577. The van der Waals surface area contributed by atoms with Gasteiger partial charge in [-0.05, 0) is 28.9 Å². The van der Waals surface area contributed by atoms with Gasteiger partial charge in [0.15, 0.2) is 5.06 Å². The van der Waals surface area contributed by atoms with Crippen molar-refractivity contribution in [2.24, 2.45) is 0 Å². The van der Waals surface area contributed by atoms with E-state index in [1.54, 1.807) is 18.4 Å². The van der Waals surface area contributed by atoms with Gasteiger partial charge in [-0.15, -0.1) is 11.3 Å². The predicted octanol–water partition coefficient (Wildman–Crippen LogP) is 1.45. The van der Waals surface area contributed by atoms with E-state index in [9.17, 15) is 0 Å². The Morgan fingerprint density at radius 2 is 2.07 bits per heavy atom. The van der Waals surface area contributed by atoms with E-state index in [1.807, 2.05) is 6.07 Å². The summed E-state index contributed by atoms with van der Waals surface area (Å²) in [5, 5.41) is 0.951. The van der Waals surface area contributed by atoms with E-state index in [-0.39, 0.29) is 18.9 Å². The third-order valence-corrected chi connectivity index (χ3v) is 3.18. The van der Waals surface area contributed by atoms with Crippen LogP contribution in [0, 0.1) is 13.8 Å². The Balaban J connectivity index is 0. The first-order valence-corrected chi connectivity index (χ1v) is 5.85. The maximum Gasteiger partial charge on any atom is 1.00 e. The summed E-state index contributed by atoms with van der Waals surface area (Å²) in [4.78, 5) is 1.26. The number of thiophene rings is 1. The van der Waals surface area contributed by atoms with Crippen LogP contribution in [0.25, 0.3) is 0 Å². The molecule has 0 aliphatic rings. The normalized spacial score (nSPS) is 8.36. The summed E-state index contributed by atoms with van der Waals surface area (Å²) in [6.45, 7) is 7.78. The molecular formula is C10H16BrLiOS. The monoisotopic (exact) mass is 270 g/mol. The minimum Gasteiger partial charge on any atom is -0.486 e. The Kier molecular flexibility index (Phi) is 12.3. The van der Waals surface area contributed by atoms with Gasteiger partial charge in [-0.2, -0.15) is 6.42 Å². The average molecular weight is 271 g/mol. The SMILES string of the molecule is COc1sc(C)cc1Br.[CH2-]CCC.[Li+]. The zero-order valence-electron chi connectivity index (χ0n) is 9.39. The molecule has 14 heavy (non-hydrogen) atoms. The van der Waals surface area contributed by atoms with Gasteiger partial charge in [0.1, 0.15) is 0 Å². The second-order valence-electron chi connectivity index (χ2n) is 2.55. The van der Waals surface area contributed by atoms with E-state index >= 15 is 0 Å². The van der Waals surface area contributed by atoms with E-state index < -0.39 is 0 Å². The van der Waals surface area contributed by atoms with E-state index in [0.29, 0.717) is 0 Å². The van der Waals surface area contributed by atoms with E-state index in [4.69, 9.17) is 4.74 Å². The molecule has 1 nitrogen and oxygen atoms in total. The summed E-state index contributed by atoms with van der Waals surface area (Å²) in [7, 11) is 1.68. The molecule has 1 aromatic rings. The van der Waals surface area contributed by atoms with Crippen LogP contribution in [-0.2, 0) is 0 Å². The molecule has 76 valence electrons. The zero-order valence-corrected chi connectivity index (χ0v) is 11.8. The molecule has 0 saturated carbocycles. The van der Waals surface area contributed by atoms with Gasteiger partial charge in [0, 0.05) is 4.88 Å². The van der Waals surface area contributed by atoms with Gasteiger partial charge < -0.3 is 11.7 Å². The van der Waals surface area contributed by atoms with Gasteiger partial charge in [0.05, 0.1) is 11.6 Å². The van der Waals surface area contributed by atoms with Crippen molar-refractivity contribution in [3.8, 4) is 5.06 Å². The first-order valence-electron chi connectivity index (χ1n) is 4.24. The smallest absolute Gasteiger partial charge is 0.486 e. The fourth-order valence-electron chi connectivity index (χ4n) is 0.601. The zero-order chi connectivity index (χ0) is 10.3. The van der Waals surface area contributed by atoms with Crippen LogP contribution in [0.15, 0.2) is 10.5 Å². The maximum absolute atomic E-state index is 5.04. The molecule has 0 aliphatic carbocycles. The molecule has 0 amide bonds. The molecule has 0 atom stereocenters. The fourth-order valence-corrected chi connectivity index (χ4v) is 2.21. The van der Waals surface area contributed by atoms with Crippen LogP contribution in [0.1, 0.15) is 24.6 Å². The fraction of sp³-hybridized carbons (Fsp3) is 0.500. The van der Waals surface area contributed by atoms with Crippen molar-refractivity contribution in [1.82, 2.24) is 0 Å². The number of unbranched alkanes of at least 4 members (excludes halogenated alkanes) is 1. The second kappa shape index (κ2) is 10.1. The van der Waals surface area contributed by atoms with Crippen molar-refractivity contribution < 1.29 is 23.6 Å². The predicted molar refractivity (Wildman–Crippen MR) is 63.6 cm³/mol. The van der Waals surface area contributed by atoms with Crippen LogP contribution in [-0.4, -0.2) is 7.11 Å². The van der Waals surface area contributed by atoms with Gasteiger partial charge in [0.2, 0.25) is 0 Å². The quantitative estimate of drug-likeness (QED) is 0.584. The Morgan fingerprint density at radius 1 is 1.57 bits per heavy atom. The molecule has 0 spiro atoms. The number of rotatable bonds is 2. The topological polar surface area (TPSA) is 9.23 Å². The largest absolute Gasteiger partial charge is 1.00 e. The molecular weight excluding hydrogens is 255 g/mol. The van der Waals surface area contributed by atoms with E-state index in [0.717, 1.165) is 16.0 Å². The molecule has 1 aromatic heterocycles. The number of methoxy groups -OCH3 is 1. The number of ether oxygens (including phenoxy) is 1. The van der Waals surface area contributed by atoms with Crippen molar-refractivity contribution >= 4 is 27.3 Å². The number of aryl methyl sites for hydroxylation is 1. The minimum absolute atomic E-state index is 0. The minimum atomic E-state index is 0. The molecule has 0 bridgehead atoms. The van der Waals surface area contributed by atoms with Crippen LogP contribution >= 0.6 is 27.3 Å². The molecule has 0 N–H and O–H groups in total. The van der Waals surface area contributed by atoms with Crippen molar-refractivity contribution in [3.05, 3.63) is 22.3 Å². The molecule has 0 aromatic carbocycles. The Morgan fingerprint density at radius 3 is 2.21 bits per heavy atom. The van der Waals surface area contributed by atoms with Crippen molar-refractivity contribution in [2.45, 2.75) is 26.7 Å². The Labute approximate surface area is 112 Å². The van der Waals surface area contributed by atoms with Crippen molar-refractivity contribution in [2.75, 3.05) is 7.11 Å². The first-order chi connectivity index (χ1) is 6.15. The molecule has 0 fully saturated rings. The molecule has 0 unspecified atom stereocenters. The van der Waals surface area contributed by atoms with Gasteiger partial charge >= 0.3 is 18.9 Å². The van der Waals surface area contributed by atoms with Crippen molar-refractivity contribution in [1.29, 1.82) is 0 Å². The van der Waals surface area contributed by atoms with Crippen LogP contribution < -0.4 is 23.6 Å². The molecule has 0 radical (unpaired) electrons. The molecule has 1 heterocycles. The summed E-state index contributed by atoms with van der Waals surface area (Å²) < 4.78 is 6.09. The van der Waals surface area contributed by atoms with Crippen LogP contribution in [0.3, 0.4) is 0 Å². The van der Waals surface area contributed by atoms with E-state index in [2.05, 4.69) is 36.7 Å². The van der Waals surface area contributed by atoms with Crippen LogP contribution in [0.2, 0.25) is 0 Å². The maximum atomic E-state index is 5.04. The summed E-state index contributed by atoms with van der Waals surface area (Å²) in [6, 6.07) is 2.05. The van der Waals surface area contributed by atoms with Crippen LogP contribution in [0.4, 0.5) is 0 Å². The summed E-state index contributed by atoms with van der Waals surface area (Å²) in [6.07, 6.45) is 2.28. The number of hydrogen-bond acceptors (Lipinski definition) is 2. The summed E-state index contributed by atoms with van der Waals surface area (Å²) in [5.41, 5.74) is 0. The number of hydrogen-bond donors (Lipinski definition) is 0. The second-order valence-corrected chi connectivity index (χ2v) is 4.62. The van der Waals surface area contributed by atoms with Crippen molar-refractivity contribution in [3.63, 3.8) is 0 Å². The molecule has 1 rings (SSSR count). The standard InChI is InChI=1S/C6H7BrOS.C4H9.Li/c1-4-3-5(7)6(8-2)9-4;1-3-4-2;/h3H,1-2H3;1,3-4H2,2H3;/q;-1;+1. The first kappa shape index (κ1) is 17.0. The third-order valence-electron chi connectivity index (χ3n) is 1.32. The van der Waals surface area contributed by atoms with E-state index in [1.165, 1.54) is 11.3 Å². The van der Waals surface area contributed by atoms with Gasteiger partial charge in [0.25, 0.3) is 0 Å². The van der Waals surface area contributed by atoms with Gasteiger partial charge in [-0.3, -0.25) is 0 Å². The molecule has 0 saturated heterocycles. The number of halogens is 1.